The number of hydrogen-bond acceptors (Lipinski definition) is 6. The third-order valence-corrected chi connectivity index (χ3v) is 7.42. The van der Waals surface area contributed by atoms with E-state index in [1.54, 1.807) is 6.92 Å². The highest BCUT2D eigenvalue weighted by Gasteiger charge is 2.38. The summed E-state index contributed by atoms with van der Waals surface area (Å²) in [6.45, 7) is 1.55. The summed E-state index contributed by atoms with van der Waals surface area (Å²) in [5.74, 6) is -1.53. The van der Waals surface area contributed by atoms with E-state index in [-0.39, 0.29) is 24.5 Å². The molecule has 0 radical (unpaired) electrons. The molecule has 23 heavy (non-hydrogen) atoms. The monoisotopic (exact) mass is 366 g/mol. The van der Waals surface area contributed by atoms with Gasteiger partial charge in [0.05, 0.1) is 21.3 Å². The third-order valence-electron chi connectivity index (χ3n) is 3.65. The number of nitro groups is 1. The maximum absolute atomic E-state index is 13.4. The summed E-state index contributed by atoms with van der Waals surface area (Å²) in [5.41, 5.74) is -0.943. The minimum absolute atomic E-state index is 0.00763. The Bertz CT molecular complexity index is 837. The number of hydrogen-bond donors (Lipinski definition) is 0. The number of benzene rings is 1. The molecule has 11 heteroatoms. The Labute approximate surface area is 133 Å². The van der Waals surface area contributed by atoms with Crippen molar-refractivity contribution in [3.05, 3.63) is 34.1 Å². The number of sulfone groups is 1. The lowest BCUT2D eigenvalue weighted by Gasteiger charge is -2.25. The standard InChI is InChI=1S/C12H15FN2O6S2/c1-2-14(9-5-6-22(18,19)8-9)23(20,21)10-3-4-11(13)12(7-10)15(16)17/h3-4,7,9H,2,5-6,8H2,1H3/t9-/m0/s1. The molecule has 1 atom stereocenters. The number of nitrogens with zero attached hydrogens (tertiary/aromatic N) is 2. The second-order valence-corrected chi connectivity index (χ2v) is 9.25. The maximum atomic E-state index is 13.4. The van der Waals surface area contributed by atoms with E-state index in [9.17, 15) is 31.3 Å². The summed E-state index contributed by atoms with van der Waals surface area (Å²) in [4.78, 5) is 9.32. The Balaban J connectivity index is 2.44. The molecule has 0 aliphatic carbocycles. The molecule has 0 unspecified atom stereocenters. The van der Waals surface area contributed by atoms with Crippen LogP contribution in [-0.2, 0) is 19.9 Å². The zero-order valence-electron chi connectivity index (χ0n) is 12.2. The fourth-order valence-electron chi connectivity index (χ4n) is 2.56. The fourth-order valence-corrected chi connectivity index (χ4v) is 6.06. The van der Waals surface area contributed by atoms with Crippen LogP contribution >= 0.6 is 0 Å². The number of halogens is 1. The van der Waals surface area contributed by atoms with Gasteiger partial charge in [0.2, 0.25) is 15.8 Å². The van der Waals surface area contributed by atoms with E-state index in [4.69, 9.17) is 0 Å². The molecule has 128 valence electrons. The van der Waals surface area contributed by atoms with Gasteiger partial charge >= 0.3 is 5.69 Å². The van der Waals surface area contributed by atoms with Crippen molar-refractivity contribution in [3.63, 3.8) is 0 Å². The van der Waals surface area contributed by atoms with Gasteiger partial charge in [-0.15, -0.1) is 0 Å². The van der Waals surface area contributed by atoms with Crippen LogP contribution in [0.5, 0.6) is 0 Å². The first-order valence-electron chi connectivity index (χ1n) is 6.74. The van der Waals surface area contributed by atoms with Gasteiger partial charge in [-0.05, 0) is 18.6 Å². The summed E-state index contributed by atoms with van der Waals surface area (Å²) in [7, 11) is -7.46. The Morgan fingerprint density at radius 1 is 1.43 bits per heavy atom. The van der Waals surface area contributed by atoms with Crippen molar-refractivity contribution in [2.75, 3.05) is 18.1 Å². The van der Waals surface area contributed by atoms with E-state index < -0.39 is 47.2 Å². The molecule has 0 bridgehead atoms. The summed E-state index contributed by atoms with van der Waals surface area (Å²) < 4.78 is 62.7. The van der Waals surface area contributed by atoms with Gasteiger partial charge in [-0.25, -0.2) is 16.8 Å². The molecule has 1 saturated heterocycles. The van der Waals surface area contributed by atoms with Gasteiger partial charge in [-0.3, -0.25) is 10.1 Å². The Morgan fingerprint density at radius 2 is 2.09 bits per heavy atom. The molecule has 2 rings (SSSR count). The Kier molecular flexibility index (Phi) is 4.74. The van der Waals surface area contributed by atoms with Crippen LogP contribution in [0.3, 0.4) is 0 Å². The second kappa shape index (κ2) is 6.13. The van der Waals surface area contributed by atoms with Gasteiger partial charge in [0.15, 0.2) is 9.84 Å². The minimum atomic E-state index is -4.16. The van der Waals surface area contributed by atoms with Gasteiger partial charge < -0.3 is 0 Å². The molecule has 1 fully saturated rings. The fraction of sp³-hybridized carbons (Fsp3) is 0.500. The normalized spacial score (nSPS) is 20.7. The Morgan fingerprint density at radius 3 is 2.57 bits per heavy atom. The van der Waals surface area contributed by atoms with Gasteiger partial charge in [0.25, 0.3) is 0 Å². The van der Waals surface area contributed by atoms with Crippen molar-refractivity contribution in [1.29, 1.82) is 0 Å². The first-order chi connectivity index (χ1) is 10.6. The largest absolute Gasteiger partial charge is 0.306 e. The highest BCUT2D eigenvalue weighted by Crippen LogP contribution is 2.28. The Hall–Kier alpha value is -1.59. The van der Waals surface area contributed by atoms with Crippen molar-refractivity contribution in [1.82, 2.24) is 4.31 Å². The first-order valence-corrected chi connectivity index (χ1v) is 10.0. The zero-order chi connectivity index (χ0) is 17.4. The van der Waals surface area contributed by atoms with Crippen molar-refractivity contribution in [2.45, 2.75) is 24.3 Å². The molecule has 8 nitrogen and oxygen atoms in total. The molecule has 1 aromatic rings. The van der Waals surface area contributed by atoms with Crippen molar-refractivity contribution in [2.24, 2.45) is 0 Å². The van der Waals surface area contributed by atoms with Crippen LogP contribution in [-0.4, -0.2) is 50.2 Å². The summed E-state index contributed by atoms with van der Waals surface area (Å²) >= 11 is 0. The van der Waals surface area contributed by atoms with E-state index >= 15 is 0 Å². The first kappa shape index (κ1) is 17.8. The predicted molar refractivity (Wildman–Crippen MR) is 79.7 cm³/mol. The average molecular weight is 366 g/mol. The molecular weight excluding hydrogens is 351 g/mol. The number of sulfonamides is 1. The zero-order valence-corrected chi connectivity index (χ0v) is 13.8. The smallest absolute Gasteiger partial charge is 0.258 e. The lowest BCUT2D eigenvalue weighted by Crippen LogP contribution is -2.40. The van der Waals surface area contributed by atoms with E-state index in [1.165, 1.54) is 0 Å². The SMILES string of the molecule is CCN([C@H]1CCS(=O)(=O)C1)S(=O)(=O)c1ccc(F)c([N+](=O)[O-])c1. The van der Waals surface area contributed by atoms with Crippen LogP contribution < -0.4 is 0 Å². The molecule has 1 aliphatic rings. The van der Waals surface area contributed by atoms with E-state index in [0.717, 1.165) is 10.4 Å². The molecule has 1 aliphatic heterocycles. The maximum Gasteiger partial charge on any atom is 0.306 e. The third kappa shape index (κ3) is 3.51. The topological polar surface area (TPSA) is 115 Å². The quantitative estimate of drug-likeness (QED) is 0.566. The molecule has 0 N–H and O–H groups in total. The lowest BCUT2D eigenvalue weighted by atomic mass is 10.3. The number of nitro benzene ring substituents is 1. The van der Waals surface area contributed by atoms with Crippen LogP contribution in [0.2, 0.25) is 0 Å². The molecule has 0 spiro atoms. The van der Waals surface area contributed by atoms with Crippen molar-refractivity contribution in [3.8, 4) is 0 Å². The highest BCUT2D eigenvalue weighted by atomic mass is 32.2. The van der Waals surface area contributed by atoms with Crippen LogP contribution in [0.15, 0.2) is 23.1 Å². The minimum Gasteiger partial charge on any atom is -0.258 e. The van der Waals surface area contributed by atoms with Crippen LogP contribution in [0, 0.1) is 15.9 Å². The predicted octanol–water partition coefficient (Wildman–Crippen LogP) is 0.932. The molecule has 1 heterocycles. The lowest BCUT2D eigenvalue weighted by molar-refractivity contribution is -0.387. The molecule has 0 aromatic heterocycles. The van der Waals surface area contributed by atoms with Crippen LogP contribution in [0.4, 0.5) is 10.1 Å². The molecular formula is C12H15FN2O6S2. The van der Waals surface area contributed by atoms with Crippen molar-refractivity contribution < 1.29 is 26.1 Å². The number of rotatable bonds is 5. The second-order valence-electron chi connectivity index (χ2n) is 5.14. The van der Waals surface area contributed by atoms with Gasteiger partial charge in [-0.1, -0.05) is 6.92 Å². The summed E-state index contributed by atoms with van der Waals surface area (Å²) in [6.07, 6.45) is 0.165. The van der Waals surface area contributed by atoms with Gasteiger partial charge in [0.1, 0.15) is 0 Å². The van der Waals surface area contributed by atoms with Crippen LogP contribution in [0.25, 0.3) is 0 Å². The van der Waals surface area contributed by atoms with E-state index in [1.807, 2.05) is 0 Å². The van der Waals surface area contributed by atoms with E-state index in [0.29, 0.717) is 12.1 Å². The highest BCUT2D eigenvalue weighted by molar-refractivity contribution is 7.92. The summed E-state index contributed by atoms with van der Waals surface area (Å²) in [6, 6.07) is 1.57. The molecule has 1 aromatic carbocycles. The molecule has 0 amide bonds. The molecule has 0 saturated carbocycles. The van der Waals surface area contributed by atoms with Crippen LogP contribution in [0.1, 0.15) is 13.3 Å². The average Bonchev–Trinajstić information content (AvgIpc) is 2.79. The summed E-state index contributed by atoms with van der Waals surface area (Å²) in [5, 5.41) is 10.8. The van der Waals surface area contributed by atoms with Gasteiger partial charge in [-0.2, -0.15) is 8.70 Å². The van der Waals surface area contributed by atoms with Crippen molar-refractivity contribution >= 4 is 25.5 Å². The van der Waals surface area contributed by atoms with Gasteiger partial charge in [0, 0.05) is 18.7 Å². The van der Waals surface area contributed by atoms with E-state index in [2.05, 4.69) is 0 Å².